The van der Waals surface area contributed by atoms with Crippen molar-refractivity contribution >= 4 is 0 Å². The van der Waals surface area contributed by atoms with Crippen molar-refractivity contribution in [2.45, 2.75) is 58.6 Å². The van der Waals surface area contributed by atoms with Crippen LogP contribution in [0.1, 0.15) is 46.5 Å². The van der Waals surface area contributed by atoms with Crippen LogP contribution in [-0.4, -0.2) is 36.7 Å². The molecule has 0 aromatic carbocycles. The van der Waals surface area contributed by atoms with E-state index in [2.05, 4.69) is 25.7 Å². The molecule has 1 aliphatic rings. The van der Waals surface area contributed by atoms with Crippen LogP contribution >= 0.6 is 0 Å². The Balaban J connectivity index is 2.04. The SMILES string of the molecule is CC(C)OCCCN1CCCCC1C. The van der Waals surface area contributed by atoms with E-state index in [1.807, 2.05) is 0 Å². The van der Waals surface area contributed by atoms with E-state index in [4.69, 9.17) is 4.74 Å². The Bertz CT molecular complexity index is 147. The van der Waals surface area contributed by atoms with E-state index in [1.165, 1.54) is 38.8 Å². The van der Waals surface area contributed by atoms with Gasteiger partial charge < -0.3 is 9.64 Å². The summed E-state index contributed by atoms with van der Waals surface area (Å²) in [5.41, 5.74) is 0. The first kappa shape index (κ1) is 12.0. The fraction of sp³-hybridized carbons (Fsp3) is 1.00. The van der Waals surface area contributed by atoms with Gasteiger partial charge in [0.1, 0.15) is 0 Å². The molecule has 1 aliphatic heterocycles. The largest absolute Gasteiger partial charge is 0.379 e. The molecule has 0 spiro atoms. The molecule has 1 fully saturated rings. The molecule has 1 heterocycles. The minimum absolute atomic E-state index is 0.383. The number of nitrogens with zero attached hydrogens (tertiary/aromatic N) is 1. The van der Waals surface area contributed by atoms with E-state index in [9.17, 15) is 0 Å². The summed E-state index contributed by atoms with van der Waals surface area (Å²) in [7, 11) is 0. The van der Waals surface area contributed by atoms with Gasteiger partial charge in [-0.25, -0.2) is 0 Å². The number of piperidine rings is 1. The Labute approximate surface area is 88.6 Å². The molecule has 0 saturated carbocycles. The number of rotatable bonds is 5. The Morgan fingerprint density at radius 3 is 2.79 bits per heavy atom. The highest BCUT2D eigenvalue weighted by molar-refractivity contribution is 4.72. The van der Waals surface area contributed by atoms with Crippen LogP contribution in [-0.2, 0) is 4.74 Å². The highest BCUT2D eigenvalue weighted by Gasteiger charge is 2.16. The maximum atomic E-state index is 5.54. The van der Waals surface area contributed by atoms with Gasteiger partial charge in [0.15, 0.2) is 0 Å². The summed E-state index contributed by atoms with van der Waals surface area (Å²) >= 11 is 0. The average Bonchev–Trinajstić information content (AvgIpc) is 2.15. The van der Waals surface area contributed by atoms with Gasteiger partial charge in [0.05, 0.1) is 6.10 Å². The van der Waals surface area contributed by atoms with E-state index >= 15 is 0 Å². The van der Waals surface area contributed by atoms with E-state index in [1.54, 1.807) is 0 Å². The lowest BCUT2D eigenvalue weighted by molar-refractivity contribution is 0.0636. The molecule has 1 saturated heterocycles. The Morgan fingerprint density at radius 2 is 2.14 bits per heavy atom. The van der Waals surface area contributed by atoms with Crippen molar-refractivity contribution in [3.8, 4) is 0 Å². The zero-order valence-corrected chi connectivity index (χ0v) is 9.96. The molecule has 0 aromatic rings. The van der Waals surface area contributed by atoms with E-state index in [0.717, 1.165) is 12.6 Å². The molecule has 1 unspecified atom stereocenters. The van der Waals surface area contributed by atoms with E-state index < -0.39 is 0 Å². The minimum atomic E-state index is 0.383. The Kier molecular flexibility index (Phi) is 5.49. The first-order valence-corrected chi connectivity index (χ1v) is 6.06. The Hall–Kier alpha value is -0.0800. The molecular formula is C12H25NO. The first-order valence-electron chi connectivity index (χ1n) is 6.06. The van der Waals surface area contributed by atoms with E-state index in [-0.39, 0.29) is 0 Å². The van der Waals surface area contributed by atoms with Crippen molar-refractivity contribution < 1.29 is 4.74 Å². The molecule has 0 aromatic heterocycles. The first-order chi connectivity index (χ1) is 6.70. The van der Waals surface area contributed by atoms with Crippen LogP contribution < -0.4 is 0 Å². The molecule has 1 atom stereocenters. The summed E-state index contributed by atoms with van der Waals surface area (Å²) in [6.45, 7) is 9.98. The van der Waals surface area contributed by atoms with Crippen molar-refractivity contribution in [3.05, 3.63) is 0 Å². The van der Waals surface area contributed by atoms with Crippen molar-refractivity contribution in [2.75, 3.05) is 19.7 Å². The van der Waals surface area contributed by atoms with Gasteiger partial charge in [0, 0.05) is 19.2 Å². The van der Waals surface area contributed by atoms with Crippen LogP contribution in [0.5, 0.6) is 0 Å². The molecule has 0 bridgehead atoms. The summed E-state index contributed by atoms with van der Waals surface area (Å²) in [5, 5.41) is 0. The lowest BCUT2D eigenvalue weighted by Crippen LogP contribution is -2.38. The van der Waals surface area contributed by atoms with E-state index in [0.29, 0.717) is 6.10 Å². The summed E-state index contributed by atoms with van der Waals surface area (Å²) in [5.74, 6) is 0. The van der Waals surface area contributed by atoms with Crippen LogP contribution in [0, 0.1) is 0 Å². The predicted molar refractivity (Wildman–Crippen MR) is 60.6 cm³/mol. The second kappa shape index (κ2) is 6.41. The topological polar surface area (TPSA) is 12.5 Å². The van der Waals surface area contributed by atoms with Crippen LogP contribution in [0.4, 0.5) is 0 Å². The van der Waals surface area contributed by atoms with Gasteiger partial charge in [0.25, 0.3) is 0 Å². The summed E-state index contributed by atoms with van der Waals surface area (Å²) < 4.78 is 5.54. The summed E-state index contributed by atoms with van der Waals surface area (Å²) in [6, 6.07) is 0.794. The highest BCUT2D eigenvalue weighted by atomic mass is 16.5. The third-order valence-corrected chi connectivity index (χ3v) is 2.98. The fourth-order valence-electron chi connectivity index (χ4n) is 2.08. The van der Waals surface area contributed by atoms with Crippen molar-refractivity contribution in [3.63, 3.8) is 0 Å². The molecule has 0 aliphatic carbocycles. The smallest absolute Gasteiger partial charge is 0.0518 e. The molecular weight excluding hydrogens is 174 g/mol. The molecule has 0 N–H and O–H groups in total. The third kappa shape index (κ3) is 4.43. The van der Waals surface area contributed by atoms with Crippen LogP contribution in [0.2, 0.25) is 0 Å². The molecule has 2 heteroatoms. The second-order valence-corrected chi connectivity index (χ2v) is 4.65. The quantitative estimate of drug-likeness (QED) is 0.631. The standard InChI is InChI=1S/C12H25NO/c1-11(2)14-10-6-9-13-8-5-4-7-12(13)3/h11-12H,4-10H2,1-3H3. The van der Waals surface area contributed by atoms with Crippen molar-refractivity contribution in [2.24, 2.45) is 0 Å². The van der Waals surface area contributed by atoms with Crippen LogP contribution in [0.3, 0.4) is 0 Å². The average molecular weight is 199 g/mol. The van der Waals surface area contributed by atoms with Gasteiger partial charge in [-0.2, -0.15) is 0 Å². The lowest BCUT2D eigenvalue weighted by Gasteiger charge is -2.33. The molecule has 0 radical (unpaired) electrons. The van der Waals surface area contributed by atoms with Gasteiger partial charge in [-0.15, -0.1) is 0 Å². The van der Waals surface area contributed by atoms with Crippen molar-refractivity contribution in [1.82, 2.24) is 4.90 Å². The third-order valence-electron chi connectivity index (χ3n) is 2.98. The van der Waals surface area contributed by atoms with Crippen LogP contribution in [0.25, 0.3) is 0 Å². The van der Waals surface area contributed by atoms with Crippen molar-refractivity contribution in [1.29, 1.82) is 0 Å². The minimum Gasteiger partial charge on any atom is -0.379 e. The number of ether oxygens (including phenoxy) is 1. The predicted octanol–water partition coefficient (Wildman–Crippen LogP) is 2.68. The summed E-state index contributed by atoms with van der Waals surface area (Å²) in [6.07, 6.45) is 5.75. The zero-order valence-electron chi connectivity index (χ0n) is 9.96. The number of hydrogen-bond donors (Lipinski definition) is 0. The lowest BCUT2D eigenvalue weighted by atomic mass is 10.0. The second-order valence-electron chi connectivity index (χ2n) is 4.65. The molecule has 14 heavy (non-hydrogen) atoms. The Morgan fingerprint density at radius 1 is 1.36 bits per heavy atom. The highest BCUT2D eigenvalue weighted by Crippen LogP contribution is 2.16. The monoisotopic (exact) mass is 199 g/mol. The molecule has 2 nitrogen and oxygen atoms in total. The fourth-order valence-corrected chi connectivity index (χ4v) is 2.08. The van der Waals surface area contributed by atoms with Gasteiger partial charge >= 0.3 is 0 Å². The number of hydrogen-bond acceptors (Lipinski definition) is 2. The zero-order chi connectivity index (χ0) is 10.4. The number of likely N-dealkylation sites (tertiary alicyclic amines) is 1. The van der Waals surface area contributed by atoms with Gasteiger partial charge in [-0.05, 0) is 46.6 Å². The maximum Gasteiger partial charge on any atom is 0.0518 e. The molecule has 1 rings (SSSR count). The molecule has 0 amide bonds. The van der Waals surface area contributed by atoms with Gasteiger partial charge in [0.2, 0.25) is 0 Å². The van der Waals surface area contributed by atoms with Gasteiger partial charge in [-0.1, -0.05) is 6.42 Å². The summed E-state index contributed by atoms with van der Waals surface area (Å²) in [4.78, 5) is 2.60. The van der Waals surface area contributed by atoms with Crippen LogP contribution in [0.15, 0.2) is 0 Å². The maximum absolute atomic E-state index is 5.54. The van der Waals surface area contributed by atoms with Gasteiger partial charge in [-0.3, -0.25) is 0 Å². The molecule has 84 valence electrons. The normalized spacial score (nSPS) is 24.4.